The molecule has 0 aliphatic heterocycles. The highest BCUT2D eigenvalue weighted by atomic mass is 16.5. The highest BCUT2D eigenvalue weighted by molar-refractivity contribution is 5.41. The fourth-order valence-corrected chi connectivity index (χ4v) is 2.37. The van der Waals surface area contributed by atoms with Crippen molar-refractivity contribution in [1.82, 2.24) is 5.32 Å². The molecule has 1 aromatic rings. The van der Waals surface area contributed by atoms with Gasteiger partial charge >= 0.3 is 0 Å². The molecule has 108 valence electrons. The van der Waals surface area contributed by atoms with Crippen LogP contribution in [0, 0.1) is 5.92 Å². The van der Waals surface area contributed by atoms with E-state index in [0.717, 1.165) is 17.9 Å². The van der Waals surface area contributed by atoms with E-state index in [1.54, 1.807) is 13.2 Å². The molecule has 0 radical (unpaired) electrons. The third-order valence-corrected chi connectivity index (χ3v) is 3.69. The van der Waals surface area contributed by atoms with E-state index < -0.39 is 0 Å². The number of phenols is 1. The van der Waals surface area contributed by atoms with Crippen LogP contribution in [0.1, 0.15) is 52.1 Å². The van der Waals surface area contributed by atoms with Crippen LogP contribution in [0.5, 0.6) is 11.5 Å². The first-order valence-electron chi connectivity index (χ1n) is 7.10. The molecule has 3 atom stereocenters. The fraction of sp³-hybridized carbons (Fsp3) is 0.625. The molecule has 0 bridgehead atoms. The van der Waals surface area contributed by atoms with Gasteiger partial charge in [-0.25, -0.2) is 0 Å². The van der Waals surface area contributed by atoms with Crippen LogP contribution in [-0.2, 0) is 0 Å². The number of nitrogens with one attached hydrogen (secondary N) is 1. The maximum atomic E-state index is 10.0. The Morgan fingerprint density at radius 2 is 1.95 bits per heavy atom. The Bertz CT molecular complexity index is 392. The third-order valence-electron chi connectivity index (χ3n) is 3.69. The number of aromatic hydroxyl groups is 1. The Balaban J connectivity index is 2.64. The van der Waals surface area contributed by atoms with E-state index >= 15 is 0 Å². The zero-order chi connectivity index (χ0) is 14.4. The lowest BCUT2D eigenvalue weighted by Crippen LogP contribution is -2.30. The lowest BCUT2D eigenvalue weighted by Gasteiger charge is -2.23. The summed E-state index contributed by atoms with van der Waals surface area (Å²) in [4.78, 5) is 0. The van der Waals surface area contributed by atoms with Crippen LogP contribution in [0.4, 0.5) is 0 Å². The van der Waals surface area contributed by atoms with Gasteiger partial charge in [-0.3, -0.25) is 0 Å². The Morgan fingerprint density at radius 1 is 1.26 bits per heavy atom. The van der Waals surface area contributed by atoms with Crippen LogP contribution in [0.25, 0.3) is 0 Å². The van der Waals surface area contributed by atoms with E-state index in [-0.39, 0.29) is 11.8 Å². The van der Waals surface area contributed by atoms with Crippen molar-refractivity contribution in [2.75, 3.05) is 7.11 Å². The molecule has 0 heterocycles. The van der Waals surface area contributed by atoms with Gasteiger partial charge < -0.3 is 15.2 Å². The maximum Gasteiger partial charge on any atom is 0.124 e. The molecule has 3 heteroatoms. The summed E-state index contributed by atoms with van der Waals surface area (Å²) in [5.74, 6) is 1.69. The number of hydrogen-bond donors (Lipinski definition) is 2. The van der Waals surface area contributed by atoms with Gasteiger partial charge in [0, 0.05) is 23.7 Å². The molecule has 0 aliphatic rings. The molecule has 1 rings (SSSR count). The van der Waals surface area contributed by atoms with Gasteiger partial charge in [0.25, 0.3) is 0 Å². The van der Waals surface area contributed by atoms with Gasteiger partial charge in [0.05, 0.1) is 7.11 Å². The van der Waals surface area contributed by atoms with Crippen molar-refractivity contribution in [2.24, 2.45) is 5.92 Å². The quantitative estimate of drug-likeness (QED) is 0.786. The van der Waals surface area contributed by atoms with Crippen LogP contribution >= 0.6 is 0 Å². The van der Waals surface area contributed by atoms with Crippen LogP contribution in [-0.4, -0.2) is 18.3 Å². The summed E-state index contributed by atoms with van der Waals surface area (Å²) in [7, 11) is 1.60. The highest BCUT2D eigenvalue weighted by Gasteiger charge is 2.15. The molecule has 0 spiro atoms. The molecule has 3 unspecified atom stereocenters. The van der Waals surface area contributed by atoms with E-state index in [9.17, 15) is 5.11 Å². The molecule has 3 nitrogen and oxygen atoms in total. The fourth-order valence-electron chi connectivity index (χ4n) is 2.37. The number of ether oxygens (including phenoxy) is 1. The average Bonchev–Trinajstić information content (AvgIpc) is 2.37. The van der Waals surface area contributed by atoms with Crippen molar-refractivity contribution in [1.29, 1.82) is 0 Å². The lowest BCUT2D eigenvalue weighted by molar-refractivity contribution is 0.375. The molecule has 1 aromatic carbocycles. The number of rotatable bonds is 7. The maximum absolute atomic E-state index is 10.0. The molecule has 0 fully saturated rings. The van der Waals surface area contributed by atoms with Gasteiger partial charge in [0.15, 0.2) is 0 Å². The average molecular weight is 265 g/mol. The van der Waals surface area contributed by atoms with E-state index in [1.165, 1.54) is 6.42 Å². The second-order valence-electron chi connectivity index (χ2n) is 5.46. The number of benzene rings is 1. The van der Waals surface area contributed by atoms with Gasteiger partial charge in [-0.05, 0) is 32.3 Å². The molecule has 0 amide bonds. The second-order valence-corrected chi connectivity index (χ2v) is 5.46. The second kappa shape index (κ2) is 7.39. The molecular formula is C16H27NO2. The minimum absolute atomic E-state index is 0.130. The predicted molar refractivity (Wildman–Crippen MR) is 79.7 cm³/mol. The zero-order valence-electron chi connectivity index (χ0n) is 12.7. The summed E-state index contributed by atoms with van der Waals surface area (Å²) in [6, 6.07) is 6.03. The van der Waals surface area contributed by atoms with E-state index in [1.807, 2.05) is 12.1 Å². The molecule has 0 saturated carbocycles. The van der Waals surface area contributed by atoms with Gasteiger partial charge in [0.1, 0.15) is 11.5 Å². The predicted octanol–water partition coefficient (Wildman–Crippen LogP) is 3.88. The third kappa shape index (κ3) is 4.75. The molecule has 2 N–H and O–H groups in total. The van der Waals surface area contributed by atoms with Gasteiger partial charge in [-0.1, -0.05) is 26.3 Å². The van der Waals surface area contributed by atoms with Crippen LogP contribution in [0.3, 0.4) is 0 Å². The molecule has 0 aliphatic carbocycles. The molecule has 0 saturated heterocycles. The number of phenolic OH excluding ortho intramolecular Hbond substituents is 1. The first-order chi connectivity index (χ1) is 8.97. The monoisotopic (exact) mass is 265 g/mol. The van der Waals surface area contributed by atoms with Crippen LogP contribution in [0.15, 0.2) is 18.2 Å². The first kappa shape index (κ1) is 15.8. The minimum atomic E-state index is 0.130. The number of methoxy groups -OCH3 is 1. The van der Waals surface area contributed by atoms with Crippen LogP contribution < -0.4 is 10.1 Å². The zero-order valence-corrected chi connectivity index (χ0v) is 12.7. The van der Waals surface area contributed by atoms with Crippen molar-refractivity contribution in [3.63, 3.8) is 0 Å². The summed E-state index contributed by atoms with van der Waals surface area (Å²) < 4.78 is 5.10. The summed E-state index contributed by atoms with van der Waals surface area (Å²) in [5.41, 5.74) is 0.914. The van der Waals surface area contributed by atoms with E-state index in [2.05, 4.69) is 33.0 Å². The summed E-state index contributed by atoms with van der Waals surface area (Å²) in [6.45, 7) is 8.77. The highest BCUT2D eigenvalue weighted by Crippen LogP contribution is 2.28. The van der Waals surface area contributed by atoms with Crippen molar-refractivity contribution >= 4 is 0 Å². The van der Waals surface area contributed by atoms with Crippen molar-refractivity contribution < 1.29 is 9.84 Å². The standard InChI is InChI=1S/C16H27NO2/c1-6-11(2)9-12(3)17-13(4)15-8-7-14(19-5)10-16(15)18/h7-8,10-13,17-18H,6,9H2,1-5H3. The number of hydrogen-bond acceptors (Lipinski definition) is 3. The Kier molecular flexibility index (Phi) is 6.16. The largest absolute Gasteiger partial charge is 0.507 e. The Morgan fingerprint density at radius 3 is 2.47 bits per heavy atom. The summed E-state index contributed by atoms with van der Waals surface area (Å²) in [5, 5.41) is 13.6. The normalized spacial score (nSPS) is 15.8. The van der Waals surface area contributed by atoms with Gasteiger partial charge in [-0.2, -0.15) is 0 Å². The molecule has 19 heavy (non-hydrogen) atoms. The van der Waals surface area contributed by atoms with Gasteiger partial charge in [0.2, 0.25) is 0 Å². The Hall–Kier alpha value is -1.22. The lowest BCUT2D eigenvalue weighted by atomic mass is 9.98. The van der Waals surface area contributed by atoms with Crippen molar-refractivity contribution in [3.05, 3.63) is 23.8 Å². The van der Waals surface area contributed by atoms with Crippen molar-refractivity contribution in [2.45, 2.75) is 52.6 Å². The van der Waals surface area contributed by atoms with E-state index in [4.69, 9.17) is 4.74 Å². The smallest absolute Gasteiger partial charge is 0.124 e. The van der Waals surface area contributed by atoms with Crippen LogP contribution in [0.2, 0.25) is 0 Å². The first-order valence-corrected chi connectivity index (χ1v) is 7.10. The van der Waals surface area contributed by atoms with E-state index in [0.29, 0.717) is 11.8 Å². The minimum Gasteiger partial charge on any atom is -0.507 e. The SMILES string of the molecule is CCC(C)CC(C)NC(C)c1ccc(OC)cc1O. The molecule has 0 aromatic heterocycles. The topological polar surface area (TPSA) is 41.5 Å². The molecular weight excluding hydrogens is 238 g/mol. The summed E-state index contributed by atoms with van der Waals surface area (Å²) >= 11 is 0. The van der Waals surface area contributed by atoms with Gasteiger partial charge in [-0.15, -0.1) is 0 Å². The summed E-state index contributed by atoms with van der Waals surface area (Å²) in [6.07, 6.45) is 2.35. The Labute approximate surface area is 117 Å². The van der Waals surface area contributed by atoms with Crippen molar-refractivity contribution in [3.8, 4) is 11.5 Å².